The Bertz CT molecular complexity index is 371. The molecule has 7 N–H and O–H groups in total. The first kappa shape index (κ1) is 21.3. The van der Waals surface area contributed by atoms with Crippen molar-refractivity contribution in [3.05, 3.63) is 0 Å². The van der Waals surface area contributed by atoms with Crippen LogP contribution in [0.4, 0.5) is 0 Å². The summed E-state index contributed by atoms with van der Waals surface area (Å²) in [4.78, 5) is 42.3. The topological polar surface area (TPSA) is 165 Å². The number of carboxylic acids is 1. The third kappa shape index (κ3) is 11.5. The normalized spacial score (nSPS) is 15.3. The Kier molecular flexibility index (Phi) is 10.9. The second kappa shape index (κ2) is 10.7. The molecule has 0 unspecified atom stereocenters. The van der Waals surface area contributed by atoms with Gasteiger partial charge in [-0.2, -0.15) is 0 Å². The molecule has 0 saturated heterocycles. The third-order valence-corrected chi connectivity index (χ3v) is 2.13. The molecule has 0 saturated carbocycles. The highest BCUT2D eigenvalue weighted by Crippen LogP contribution is 1.86. The predicted octanol–water partition coefficient (Wildman–Crippen LogP) is -2.04. The SMILES string of the molecule is C[C@H](N)C(=O)N[C@@H](C)C(=O)N[C@@H](C)C=O.C[C@H](N)C(=O)O. The number of carbonyl (C=O) groups excluding carboxylic acids is 3. The zero-order valence-corrected chi connectivity index (χ0v) is 12.6. The maximum absolute atomic E-state index is 11.3. The molecule has 0 radical (unpaired) electrons. The van der Waals surface area contributed by atoms with Crippen molar-refractivity contribution in [2.45, 2.75) is 51.9 Å². The van der Waals surface area contributed by atoms with Crippen molar-refractivity contribution in [2.24, 2.45) is 11.5 Å². The first-order chi connectivity index (χ1) is 9.52. The number of hydrogen-bond acceptors (Lipinski definition) is 6. The molecule has 4 atom stereocenters. The lowest BCUT2D eigenvalue weighted by molar-refractivity contribution is -0.138. The van der Waals surface area contributed by atoms with Crippen LogP contribution in [0.2, 0.25) is 0 Å². The molecule has 0 fully saturated rings. The lowest BCUT2D eigenvalue weighted by atomic mass is 10.2. The summed E-state index contributed by atoms with van der Waals surface area (Å²) in [6, 6.07) is -2.66. The highest BCUT2D eigenvalue weighted by molar-refractivity contribution is 5.90. The van der Waals surface area contributed by atoms with Gasteiger partial charge in [-0.25, -0.2) is 0 Å². The van der Waals surface area contributed by atoms with Crippen LogP contribution >= 0.6 is 0 Å². The van der Waals surface area contributed by atoms with Gasteiger partial charge >= 0.3 is 5.97 Å². The van der Waals surface area contributed by atoms with Gasteiger partial charge in [-0.3, -0.25) is 14.4 Å². The molecule has 0 spiro atoms. The molecule has 0 aliphatic rings. The summed E-state index contributed by atoms with van der Waals surface area (Å²) in [5.74, 6) is -1.78. The summed E-state index contributed by atoms with van der Waals surface area (Å²) in [5, 5.41) is 12.7. The van der Waals surface area contributed by atoms with Gasteiger partial charge in [-0.05, 0) is 27.7 Å². The lowest BCUT2D eigenvalue weighted by Gasteiger charge is -2.16. The van der Waals surface area contributed by atoms with Crippen LogP contribution in [0.15, 0.2) is 0 Å². The van der Waals surface area contributed by atoms with Gasteiger partial charge in [0.25, 0.3) is 0 Å². The molecular formula is C12H24N4O5. The highest BCUT2D eigenvalue weighted by atomic mass is 16.4. The molecule has 21 heavy (non-hydrogen) atoms. The predicted molar refractivity (Wildman–Crippen MR) is 76.2 cm³/mol. The first-order valence-corrected chi connectivity index (χ1v) is 6.32. The Morgan fingerprint density at radius 1 is 0.952 bits per heavy atom. The van der Waals surface area contributed by atoms with Gasteiger partial charge in [0.05, 0.1) is 12.1 Å². The van der Waals surface area contributed by atoms with Crippen LogP contribution in [0.1, 0.15) is 27.7 Å². The van der Waals surface area contributed by atoms with Gasteiger partial charge in [0, 0.05) is 0 Å². The Hall–Kier alpha value is -2.00. The van der Waals surface area contributed by atoms with Crippen molar-refractivity contribution in [1.29, 1.82) is 0 Å². The van der Waals surface area contributed by atoms with Crippen LogP contribution in [-0.4, -0.2) is 53.3 Å². The summed E-state index contributed by atoms with van der Waals surface area (Å²) in [6.07, 6.45) is 0.609. The number of carbonyl (C=O) groups is 4. The zero-order chi connectivity index (χ0) is 17.2. The van der Waals surface area contributed by atoms with Crippen molar-refractivity contribution in [1.82, 2.24) is 10.6 Å². The summed E-state index contributed by atoms with van der Waals surface area (Å²) in [5.41, 5.74) is 10.1. The molecule has 0 rings (SSSR count). The average Bonchev–Trinajstić information content (AvgIpc) is 2.38. The third-order valence-electron chi connectivity index (χ3n) is 2.13. The molecule has 0 bridgehead atoms. The van der Waals surface area contributed by atoms with Crippen molar-refractivity contribution >= 4 is 24.1 Å². The largest absolute Gasteiger partial charge is 0.480 e. The molecule has 0 aromatic heterocycles. The lowest BCUT2D eigenvalue weighted by Crippen LogP contribution is -2.51. The number of rotatable bonds is 6. The van der Waals surface area contributed by atoms with Gasteiger partial charge in [-0.1, -0.05) is 0 Å². The number of nitrogens with one attached hydrogen (secondary N) is 2. The van der Waals surface area contributed by atoms with E-state index in [2.05, 4.69) is 10.6 Å². The minimum absolute atomic E-state index is 0.406. The van der Waals surface area contributed by atoms with E-state index in [4.69, 9.17) is 16.6 Å². The van der Waals surface area contributed by atoms with E-state index in [9.17, 15) is 19.2 Å². The fraction of sp³-hybridized carbons (Fsp3) is 0.667. The van der Waals surface area contributed by atoms with Crippen molar-refractivity contribution in [2.75, 3.05) is 0 Å². The molecule has 9 nitrogen and oxygen atoms in total. The molecule has 0 aromatic rings. The van der Waals surface area contributed by atoms with Crippen molar-refractivity contribution in [3.63, 3.8) is 0 Å². The molecule has 122 valence electrons. The van der Waals surface area contributed by atoms with Crippen LogP contribution in [0, 0.1) is 0 Å². The van der Waals surface area contributed by atoms with Gasteiger partial charge in [-0.15, -0.1) is 0 Å². The molecule has 0 heterocycles. The van der Waals surface area contributed by atoms with Gasteiger partial charge in [0.15, 0.2) is 0 Å². The van der Waals surface area contributed by atoms with Crippen molar-refractivity contribution < 1.29 is 24.3 Å². The number of carboxylic acid groups (broad SMARTS) is 1. The Morgan fingerprint density at radius 2 is 1.38 bits per heavy atom. The number of nitrogens with two attached hydrogens (primary N) is 2. The number of aldehydes is 1. The zero-order valence-electron chi connectivity index (χ0n) is 12.6. The molecule has 0 aromatic carbocycles. The van der Waals surface area contributed by atoms with Crippen LogP contribution < -0.4 is 22.1 Å². The number of aliphatic carboxylic acids is 1. The van der Waals surface area contributed by atoms with Crippen molar-refractivity contribution in [3.8, 4) is 0 Å². The monoisotopic (exact) mass is 304 g/mol. The van der Waals surface area contributed by atoms with Crippen LogP contribution in [0.5, 0.6) is 0 Å². The van der Waals surface area contributed by atoms with E-state index in [1.54, 1.807) is 6.92 Å². The van der Waals surface area contributed by atoms with Crippen LogP contribution in [0.25, 0.3) is 0 Å². The van der Waals surface area contributed by atoms with Crippen LogP contribution in [-0.2, 0) is 19.2 Å². The standard InChI is InChI=1S/C9H17N3O3.C3H7NO2/c1-5(4-13)11-9(15)7(3)12-8(14)6(2)10;1-2(4)3(5)6/h4-7H,10H2,1-3H3,(H,11,15)(H,12,14);2H,4H2,1H3,(H,5,6)/t5-,6-,7-;2-/m00/s1. The molecule has 9 heteroatoms. The second-order valence-corrected chi connectivity index (χ2v) is 4.58. The minimum atomic E-state index is -0.963. The van der Waals surface area contributed by atoms with E-state index in [-0.39, 0.29) is 0 Å². The summed E-state index contributed by atoms with van der Waals surface area (Å²) < 4.78 is 0. The fourth-order valence-electron chi connectivity index (χ4n) is 0.794. The highest BCUT2D eigenvalue weighted by Gasteiger charge is 2.18. The minimum Gasteiger partial charge on any atom is -0.480 e. The van der Waals surface area contributed by atoms with E-state index >= 15 is 0 Å². The van der Waals surface area contributed by atoms with E-state index in [0.29, 0.717) is 6.29 Å². The molecule has 2 amide bonds. The van der Waals surface area contributed by atoms with E-state index < -0.39 is 42.0 Å². The van der Waals surface area contributed by atoms with E-state index in [1.165, 1.54) is 20.8 Å². The summed E-state index contributed by atoms with van der Waals surface area (Å²) in [6.45, 7) is 6.01. The van der Waals surface area contributed by atoms with Gasteiger partial charge < -0.3 is 32.0 Å². The average molecular weight is 304 g/mol. The summed E-state index contributed by atoms with van der Waals surface area (Å²) in [7, 11) is 0. The maximum Gasteiger partial charge on any atom is 0.320 e. The first-order valence-electron chi connectivity index (χ1n) is 6.32. The fourth-order valence-corrected chi connectivity index (χ4v) is 0.794. The van der Waals surface area contributed by atoms with E-state index in [1.807, 2.05) is 0 Å². The van der Waals surface area contributed by atoms with Gasteiger partial charge in [0.1, 0.15) is 18.4 Å². The van der Waals surface area contributed by atoms with E-state index in [0.717, 1.165) is 0 Å². The molecule has 0 aliphatic carbocycles. The summed E-state index contributed by atoms with van der Waals surface area (Å²) >= 11 is 0. The molecule has 0 aliphatic heterocycles. The second-order valence-electron chi connectivity index (χ2n) is 4.58. The quantitative estimate of drug-likeness (QED) is 0.353. The smallest absolute Gasteiger partial charge is 0.320 e. The Balaban J connectivity index is 0. The Morgan fingerprint density at radius 3 is 1.67 bits per heavy atom. The van der Waals surface area contributed by atoms with Crippen LogP contribution in [0.3, 0.4) is 0 Å². The molecular weight excluding hydrogens is 280 g/mol. The van der Waals surface area contributed by atoms with Gasteiger partial charge in [0.2, 0.25) is 11.8 Å². The number of amides is 2. The Labute approximate surface area is 123 Å². The number of hydrogen-bond donors (Lipinski definition) is 5. The maximum atomic E-state index is 11.3.